The molecule has 0 radical (unpaired) electrons. The maximum atomic E-state index is 12.3. The lowest BCUT2D eigenvalue weighted by Crippen LogP contribution is -2.23. The fourth-order valence-electron chi connectivity index (χ4n) is 2.58. The molecule has 2 aromatic carbocycles. The molecule has 9 heteroatoms. The molecule has 1 N–H and O–H groups in total. The molecule has 0 aliphatic carbocycles. The molecule has 0 saturated carbocycles. The summed E-state index contributed by atoms with van der Waals surface area (Å²) in [5.41, 5.74) is 1.76. The van der Waals surface area contributed by atoms with Crippen molar-refractivity contribution in [2.45, 2.75) is 18.4 Å². The number of carbonyl (C=O) groups excluding carboxylic acids is 1. The van der Waals surface area contributed by atoms with Gasteiger partial charge < -0.3 is 9.47 Å². The summed E-state index contributed by atoms with van der Waals surface area (Å²) in [5.74, 6) is 0.169. The third kappa shape index (κ3) is 5.00. The fraction of sp³-hybridized carbons (Fsp3) is 0.200. The zero-order valence-corrected chi connectivity index (χ0v) is 17.5. The van der Waals surface area contributed by atoms with Crippen LogP contribution in [-0.2, 0) is 21.4 Å². The second kappa shape index (κ2) is 9.17. The number of benzene rings is 2. The number of aromatic nitrogens is 1. The van der Waals surface area contributed by atoms with Gasteiger partial charge in [0.05, 0.1) is 28.8 Å². The topological polar surface area (TPSA) is 94.6 Å². The van der Waals surface area contributed by atoms with Crippen LogP contribution in [0, 0.1) is 0 Å². The Morgan fingerprint density at radius 2 is 1.86 bits per heavy atom. The minimum Gasteiger partial charge on any atom is -0.496 e. The number of para-hydroxylation sites is 1. The number of hydrogen-bond acceptors (Lipinski definition) is 7. The van der Waals surface area contributed by atoms with Crippen molar-refractivity contribution in [2.75, 3.05) is 13.7 Å². The summed E-state index contributed by atoms with van der Waals surface area (Å²) < 4.78 is 36.9. The van der Waals surface area contributed by atoms with E-state index in [9.17, 15) is 13.2 Å². The molecule has 0 saturated heterocycles. The van der Waals surface area contributed by atoms with Gasteiger partial charge in [-0.25, -0.2) is 22.9 Å². The minimum absolute atomic E-state index is 0.0158. The van der Waals surface area contributed by atoms with Crippen LogP contribution >= 0.6 is 11.3 Å². The zero-order valence-electron chi connectivity index (χ0n) is 15.9. The number of esters is 1. The van der Waals surface area contributed by atoms with E-state index in [0.717, 1.165) is 16.3 Å². The fourth-order valence-corrected chi connectivity index (χ4v) is 4.46. The average Bonchev–Trinajstić information content (AvgIpc) is 3.21. The lowest BCUT2D eigenvalue weighted by atomic mass is 10.2. The molecule has 0 aliphatic rings. The maximum absolute atomic E-state index is 12.3. The van der Waals surface area contributed by atoms with Gasteiger partial charge in [-0.15, -0.1) is 11.3 Å². The number of methoxy groups -OCH3 is 1. The highest BCUT2D eigenvalue weighted by Crippen LogP contribution is 2.32. The highest BCUT2D eigenvalue weighted by molar-refractivity contribution is 7.89. The van der Waals surface area contributed by atoms with E-state index < -0.39 is 16.0 Å². The van der Waals surface area contributed by atoms with E-state index in [4.69, 9.17) is 9.47 Å². The van der Waals surface area contributed by atoms with E-state index >= 15 is 0 Å². The first-order valence-electron chi connectivity index (χ1n) is 8.79. The number of thiazole rings is 1. The summed E-state index contributed by atoms with van der Waals surface area (Å²) in [4.78, 5) is 16.8. The maximum Gasteiger partial charge on any atom is 0.338 e. The van der Waals surface area contributed by atoms with Crippen LogP contribution in [0.2, 0.25) is 0 Å². The van der Waals surface area contributed by atoms with Gasteiger partial charge in [-0.2, -0.15) is 0 Å². The van der Waals surface area contributed by atoms with Crippen molar-refractivity contribution in [1.29, 1.82) is 0 Å². The summed E-state index contributed by atoms with van der Waals surface area (Å²) in [7, 11) is -1.96. The van der Waals surface area contributed by atoms with Crippen LogP contribution in [0.1, 0.15) is 23.0 Å². The highest BCUT2D eigenvalue weighted by atomic mass is 32.2. The highest BCUT2D eigenvalue weighted by Gasteiger charge is 2.15. The Kier molecular flexibility index (Phi) is 6.63. The molecule has 152 valence electrons. The predicted octanol–water partition coefficient (Wildman–Crippen LogP) is 3.47. The largest absolute Gasteiger partial charge is 0.496 e. The van der Waals surface area contributed by atoms with E-state index in [1.165, 1.54) is 35.6 Å². The van der Waals surface area contributed by atoms with Crippen molar-refractivity contribution in [3.05, 3.63) is 65.2 Å². The van der Waals surface area contributed by atoms with Crippen LogP contribution < -0.4 is 9.46 Å². The van der Waals surface area contributed by atoms with Crippen molar-refractivity contribution >= 4 is 27.3 Å². The normalized spacial score (nSPS) is 11.2. The summed E-state index contributed by atoms with van der Waals surface area (Å²) >= 11 is 1.43. The molecule has 0 spiro atoms. The van der Waals surface area contributed by atoms with E-state index in [2.05, 4.69) is 9.71 Å². The first-order chi connectivity index (χ1) is 13.9. The molecule has 0 fully saturated rings. The zero-order chi connectivity index (χ0) is 20.9. The molecule has 0 aliphatic heterocycles. The lowest BCUT2D eigenvalue weighted by molar-refractivity contribution is 0.0468. The molecule has 0 bridgehead atoms. The van der Waals surface area contributed by atoms with Crippen LogP contribution in [0.3, 0.4) is 0 Å². The second-order valence-corrected chi connectivity index (χ2v) is 8.57. The minimum atomic E-state index is -3.56. The molecular weight excluding hydrogens is 412 g/mol. The molecule has 1 heterocycles. The first kappa shape index (κ1) is 21.0. The molecule has 0 amide bonds. The lowest BCUT2D eigenvalue weighted by Gasteiger charge is -2.06. The molecule has 29 heavy (non-hydrogen) atoms. The third-order valence-corrected chi connectivity index (χ3v) is 6.46. The van der Waals surface area contributed by atoms with Gasteiger partial charge in [-0.3, -0.25) is 0 Å². The average molecular weight is 433 g/mol. The Morgan fingerprint density at radius 1 is 1.14 bits per heavy atom. The summed E-state index contributed by atoms with van der Waals surface area (Å²) in [6.45, 7) is 2.00. The van der Waals surface area contributed by atoms with Gasteiger partial charge in [0.1, 0.15) is 17.4 Å². The van der Waals surface area contributed by atoms with Crippen molar-refractivity contribution < 1.29 is 22.7 Å². The van der Waals surface area contributed by atoms with Gasteiger partial charge >= 0.3 is 5.97 Å². The Morgan fingerprint density at radius 3 is 2.55 bits per heavy atom. The number of carbonyl (C=O) groups is 1. The summed E-state index contributed by atoms with van der Waals surface area (Å²) in [6, 6.07) is 13.1. The Hall–Kier alpha value is -2.75. The standard InChI is InChI=1S/C20H20N2O5S2/c1-3-21-29(24,25)16-10-8-14(9-11-16)20(23)27-12-15-13-28-19(22-15)17-6-4-5-7-18(17)26-2/h4-11,13,21H,3,12H2,1-2H3. The Bertz CT molecular complexity index is 1090. The molecular formula is C20H20N2O5S2. The molecule has 3 rings (SSSR count). The number of ether oxygens (including phenoxy) is 2. The number of rotatable bonds is 8. The monoisotopic (exact) mass is 432 g/mol. The van der Waals surface area contributed by atoms with Gasteiger partial charge in [0.2, 0.25) is 10.0 Å². The van der Waals surface area contributed by atoms with Gasteiger partial charge in [-0.1, -0.05) is 19.1 Å². The SMILES string of the molecule is CCNS(=O)(=O)c1ccc(C(=O)OCc2csc(-c3ccccc3OC)n2)cc1. The second-order valence-electron chi connectivity index (χ2n) is 5.95. The molecule has 3 aromatic rings. The molecule has 0 atom stereocenters. The van der Waals surface area contributed by atoms with Crippen LogP contribution in [0.25, 0.3) is 10.6 Å². The van der Waals surface area contributed by atoms with Gasteiger partial charge in [-0.05, 0) is 36.4 Å². The Labute approximate surface area is 173 Å². The smallest absolute Gasteiger partial charge is 0.338 e. The Balaban J connectivity index is 1.65. The van der Waals surface area contributed by atoms with Gasteiger partial charge in [0.15, 0.2) is 0 Å². The molecule has 0 unspecified atom stereocenters. The third-order valence-electron chi connectivity index (χ3n) is 3.97. The van der Waals surface area contributed by atoms with Crippen LogP contribution in [0.15, 0.2) is 58.8 Å². The first-order valence-corrected chi connectivity index (χ1v) is 11.2. The van der Waals surface area contributed by atoms with Crippen LogP contribution in [0.5, 0.6) is 5.75 Å². The molecule has 7 nitrogen and oxygen atoms in total. The summed E-state index contributed by atoms with van der Waals surface area (Å²) in [5, 5.41) is 2.59. The van der Waals surface area contributed by atoms with E-state index in [1.807, 2.05) is 29.6 Å². The number of sulfonamides is 1. The van der Waals surface area contributed by atoms with Crippen molar-refractivity contribution in [3.8, 4) is 16.3 Å². The molecule has 1 aromatic heterocycles. The quantitative estimate of drug-likeness (QED) is 0.548. The number of hydrogen-bond donors (Lipinski definition) is 1. The van der Waals surface area contributed by atoms with E-state index in [-0.39, 0.29) is 23.6 Å². The van der Waals surface area contributed by atoms with E-state index in [1.54, 1.807) is 14.0 Å². The van der Waals surface area contributed by atoms with Crippen LogP contribution in [0.4, 0.5) is 0 Å². The van der Waals surface area contributed by atoms with Gasteiger partial charge in [0.25, 0.3) is 0 Å². The predicted molar refractivity (Wildman–Crippen MR) is 111 cm³/mol. The van der Waals surface area contributed by atoms with Crippen molar-refractivity contribution in [3.63, 3.8) is 0 Å². The van der Waals surface area contributed by atoms with E-state index in [0.29, 0.717) is 5.69 Å². The number of nitrogens with one attached hydrogen (secondary N) is 1. The number of nitrogens with zero attached hydrogens (tertiary/aromatic N) is 1. The van der Waals surface area contributed by atoms with Crippen molar-refractivity contribution in [1.82, 2.24) is 9.71 Å². The van der Waals surface area contributed by atoms with Crippen molar-refractivity contribution in [2.24, 2.45) is 0 Å². The van der Waals surface area contributed by atoms with Gasteiger partial charge in [0, 0.05) is 11.9 Å². The summed E-state index contributed by atoms with van der Waals surface area (Å²) in [6.07, 6.45) is 0. The van der Waals surface area contributed by atoms with Crippen LogP contribution in [-0.4, -0.2) is 33.0 Å².